The largest absolute Gasteiger partial charge is 0.399 e. The molecule has 1 unspecified atom stereocenters. The van der Waals surface area contributed by atoms with Crippen molar-refractivity contribution in [3.05, 3.63) is 48.2 Å². The molecule has 1 aliphatic rings. The van der Waals surface area contributed by atoms with Gasteiger partial charge in [-0.3, -0.25) is 4.72 Å². The lowest BCUT2D eigenvalue weighted by Crippen LogP contribution is -2.29. The highest BCUT2D eigenvalue weighted by atomic mass is 32.2. The van der Waals surface area contributed by atoms with Gasteiger partial charge >= 0.3 is 0 Å². The second-order valence-electron chi connectivity index (χ2n) is 7.71. The minimum absolute atomic E-state index is 0.0120. The molecule has 1 aliphatic carbocycles. The van der Waals surface area contributed by atoms with E-state index in [2.05, 4.69) is 21.9 Å². The molecule has 0 saturated heterocycles. The first-order valence-electron chi connectivity index (χ1n) is 9.99. The Bertz CT molecular complexity index is 865. The van der Waals surface area contributed by atoms with E-state index in [4.69, 9.17) is 5.73 Å². The van der Waals surface area contributed by atoms with Gasteiger partial charge in [-0.25, -0.2) is 4.98 Å². The Labute approximate surface area is 168 Å². The van der Waals surface area contributed by atoms with Gasteiger partial charge in [0.1, 0.15) is 0 Å². The molecule has 4 N–H and O–H groups in total. The molecule has 1 heterocycles. The van der Waals surface area contributed by atoms with Crippen LogP contribution in [0.1, 0.15) is 51.0 Å². The molecule has 0 radical (unpaired) electrons. The van der Waals surface area contributed by atoms with E-state index in [1.807, 2.05) is 6.07 Å². The highest BCUT2D eigenvalue weighted by Crippen LogP contribution is 2.28. The summed E-state index contributed by atoms with van der Waals surface area (Å²) in [6.07, 6.45) is 9.31. The number of aromatic nitrogens is 1. The van der Waals surface area contributed by atoms with Crippen LogP contribution in [-0.2, 0) is 16.6 Å². The molecule has 1 fully saturated rings. The fourth-order valence-electron chi connectivity index (χ4n) is 3.84. The van der Waals surface area contributed by atoms with Crippen LogP contribution in [0.4, 0.5) is 11.4 Å². The van der Waals surface area contributed by atoms with E-state index in [0.717, 1.165) is 17.9 Å². The SMILES string of the molecule is CC(CC1CCCCC1)NCc1ccc(N)cc1NS(=O)(=O)c1ccccn1. The number of nitrogen functional groups attached to an aromatic ring is 1. The van der Waals surface area contributed by atoms with Crippen LogP contribution in [0, 0.1) is 5.92 Å². The van der Waals surface area contributed by atoms with Crippen molar-refractivity contribution in [2.75, 3.05) is 10.5 Å². The molecule has 1 aromatic carbocycles. The summed E-state index contributed by atoms with van der Waals surface area (Å²) >= 11 is 0. The van der Waals surface area contributed by atoms with Gasteiger partial charge in [-0.15, -0.1) is 0 Å². The zero-order chi connectivity index (χ0) is 20.0. The summed E-state index contributed by atoms with van der Waals surface area (Å²) in [5.74, 6) is 0.796. The topological polar surface area (TPSA) is 97.1 Å². The maximum absolute atomic E-state index is 12.6. The fourth-order valence-corrected chi connectivity index (χ4v) is 4.88. The van der Waals surface area contributed by atoms with E-state index in [0.29, 0.717) is 24.0 Å². The molecule has 152 valence electrons. The number of nitrogens with two attached hydrogens (primary N) is 1. The summed E-state index contributed by atoms with van der Waals surface area (Å²) in [7, 11) is -3.76. The molecule has 28 heavy (non-hydrogen) atoms. The maximum atomic E-state index is 12.6. The Hall–Kier alpha value is -2.12. The van der Waals surface area contributed by atoms with Crippen molar-refractivity contribution in [3.8, 4) is 0 Å². The number of benzene rings is 1. The van der Waals surface area contributed by atoms with Gasteiger partial charge in [0.25, 0.3) is 10.0 Å². The highest BCUT2D eigenvalue weighted by molar-refractivity contribution is 7.92. The van der Waals surface area contributed by atoms with Crippen molar-refractivity contribution in [2.45, 2.75) is 63.1 Å². The van der Waals surface area contributed by atoms with Crippen LogP contribution in [0.25, 0.3) is 0 Å². The Morgan fingerprint density at radius 2 is 1.96 bits per heavy atom. The van der Waals surface area contributed by atoms with E-state index >= 15 is 0 Å². The van der Waals surface area contributed by atoms with Crippen molar-refractivity contribution in [1.82, 2.24) is 10.3 Å². The molecular formula is C21H30N4O2S. The van der Waals surface area contributed by atoms with Crippen molar-refractivity contribution in [1.29, 1.82) is 0 Å². The molecule has 3 rings (SSSR count). The van der Waals surface area contributed by atoms with E-state index in [-0.39, 0.29) is 5.03 Å². The molecule has 0 amide bonds. The first-order valence-corrected chi connectivity index (χ1v) is 11.5. The molecule has 0 spiro atoms. The highest BCUT2D eigenvalue weighted by Gasteiger charge is 2.19. The fraction of sp³-hybridized carbons (Fsp3) is 0.476. The number of hydrogen-bond donors (Lipinski definition) is 3. The third kappa shape index (κ3) is 5.69. The Balaban J connectivity index is 1.67. The second kappa shape index (κ2) is 9.39. The summed E-state index contributed by atoms with van der Waals surface area (Å²) in [5, 5.41) is 3.53. The second-order valence-corrected chi connectivity index (χ2v) is 9.34. The van der Waals surface area contributed by atoms with Gasteiger partial charge in [0.2, 0.25) is 0 Å². The van der Waals surface area contributed by atoms with Crippen LogP contribution in [0.5, 0.6) is 0 Å². The Morgan fingerprint density at radius 3 is 2.68 bits per heavy atom. The predicted molar refractivity (Wildman–Crippen MR) is 113 cm³/mol. The average molecular weight is 403 g/mol. The Kier molecular flexibility index (Phi) is 6.91. The first-order chi connectivity index (χ1) is 13.4. The molecule has 7 heteroatoms. The predicted octanol–water partition coefficient (Wildman–Crippen LogP) is 3.91. The molecule has 0 aliphatic heterocycles. The van der Waals surface area contributed by atoms with Crippen LogP contribution in [0.2, 0.25) is 0 Å². The van der Waals surface area contributed by atoms with Gasteiger partial charge in [0.15, 0.2) is 5.03 Å². The lowest BCUT2D eigenvalue weighted by molar-refractivity contribution is 0.305. The molecule has 1 saturated carbocycles. The van der Waals surface area contributed by atoms with Crippen molar-refractivity contribution >= 4 is 21.4 Å². The van der Waals surface area contributed by atoms with Crippen LogP contribution >= 0.6 is 0 Å². The van der Waals surface area contributed by atoms with E-state index < -0.39 is 10.0 Å². The van der Waals surface area contributed by atoms with Gasteiger partial charge in [-0.2, -0.15) is 8.42 Å². The summed E-state index contributed by atoms with van der Waals surface area (Å²) < 4.78 is 27.9. The van der Waals surface area contributed by atoms with Crippen molar-refractivity contribution < 1.29 is 8.42 Å². The molecule has 1 aromatic heterocycles. The standard InChI is InChI=1S/C21H30N4O2S/c1-16(13-17-7-3-2-4-8-17)24-15-18-10-11-19(22)14-20(18)25-28(26,27)21-9-5-6-12-23-21/h5-6,9-12,14,16-17,24-25H,2-4,7-8,13,15,22H2,1H3. The van der Waals surface area contributed by atoms with Gasteiger partial charge in [0.05, 0.1) is 5.69 Å². The van der Waals surface area contributed by atoms with Gasteiger partial charge in [-0.05, 0) is 49.1 Å². The first kappa shape index (κ1) is 20.6. The van der Waals surface area contributed by atoms with Crippen LogP contribution in [0.15, 0.2) is 47.6 Å². The number of rotatable bonds is 8. The number of nitrogens with zero attached hydrogens (tertiary/aromatic N) is 1. The molecule has 6 nitrogen and oxygen atoms in total. The zero-order valence-corrected chi connectivity index (χ0v) is 17.2. The minimum atomic E-state index is -3.76. The smallest absolute Gasteiger partial charge is 0.279 e. The third-order valence-electron chi connectivity index (χ3n) is 5.34. The minimum Gasteiger partial charge on any atom is -0.399 e. The molecule has 2 aromatic rings. The summed E-state index contributed by atoms with van der Waals surface area (Å²) in [6, 6.07) is 10.5. The summed E-state index contributed by atoms with van der Waals surface area (Å²) in [4.78, 5) is 3.94. The quantitative estimate of drug-likeness (QED) is 0.582. The van der Waals surface area contributed by atoms with Crippen LogP contribution < -0.4 is 15.8 Å². The summed E-state index contributed by atoms with van der Waals surface area (Å²) in [5.41, 5.74) is 7.76. The Morgan fingerprint density at radius 1 is 1.18 bits per heavy atom. The molecular weight excluding hydrogens is 372 g/mol. The number of nitrogens with one attached hydrogen (secondary N) is 2. The third-order valence-corrected chi connectivity index (χ3v) is 6.62. The molecule has 1 atom stereocenters. The van der Waals surface area contributed by atoms with Crippen molar-refractivity contribution in [2.24, 2.45) is 5.92 Å². The maximum Gasteiger partial charge on any atom is 0.279 e. The lowest BCUT2D eigenvalue weighted by Gasteiger charge is -2.25. The normalized spacial score (nSPS) is 16.6. The van der Waals surface area contributed by atoms with Gasteiger partial charge < -0.3 is 11.1 Å². The molecule has 0 bridgehead atoms. The average Bonchev–Trinajstić information content (AvgIpc) is 2.68. The summed E-state index contributed by atoms with van der Waals surface area (Å²) in [6.45, 7) is 2.78. The number of anilines is 2. The van der Waals surface area contributed by atoms with Gasteiger partial charge in [0, 0.05) is 24.5 Å². The lowest BCUT2D eigenvalue weighted by atomic mass is 9.85. The number of pyridine rings is 1. The number of hydrogen-bond acceptors (Lipinski definition) is 5. The van der Waals surface area contributed by atoms with Crippen LogP contribution in [0.3, 0.4) is 0 Å². The van der Waals surface area contributed by atoms with Crippen LogP contribution in [-0.4, -0.2) is 19.4 Å². The van der Waals surface area contributed by atoms with Gasteiger partial charge in [-0.1, -0.05) is 44.2 Å². The van der Waals surface area contributed by atoms with E-state index in [1.165, 1.54) is 44.4 Å². The van der Waals surface area contributed by atoms with Crippen molar-refractivity contribution in [3.63, 3.8) is 0 Å². The monoisotopic (exact) mass is 402 g/mol. The van der Waals surface area contributed by atoms with E-state index in [9.17, 15) is 8.42 Å². The zero-order valence-electron chi connectivity index (χ0n) is 16.4. The number of sulfonamides is 1. The van der Waals surface area contributed by atoms with E-state index in [1.54, 1.807) is 24.3 Å².